The zero-order chi connectivity index (χ0) is 17.1. The molecule has 2 heterocycles. The van der Waals surface area contributed by atoms with Crippen LogP contribution in [0.3, 0.4) is 0 Å². The first-order valence-electron chi connectivity index (χ1n) is 8.51. The van der Waals surface area contributed by atoms with Crippen LogP contribution in [0.5, 0.6) is 0 Å². The lowest BCUT2D eigenvalue weighted by Gasteiger charge is -2.36. The van der Waals surface area contributed by atoms with Crippen molar-refractivity contribution in [1.82, 2.24) is 24.6 Å². The van der Waals surface area contributed by atoms with E-state index in [1.54, 1.807) is 10.9 Å². The van der Waals surface area contributed by atoms with Crippen LogP contribution in [0.25, 0.3) is 0 Å². The number of hydrogen-bond acceptors (Lipinski definition) is 4. The van der Waals surface area contributed by atoms with E-state index in [2.05, 4.69) is 15.4 Å². The summed E-state index contributed by atoms with van der Waals surface area (Å²) in [5.41, 5.74) is 0.941. The Labute approximate surface area is 141 Å². The van der Waals surface area contributed by atoms with Crippen LogP contribution >= 0.6 is 0 Å². The summed E-state index contributed by atoms with van der Waals surface area (Å²) >= 11 is 0. The van der Waals surface area contributed by atoms with Gasteiger partial charge in [0, 0.05) is 31.6 Å². The highest BCUT2D eigenvalue weighted by Gasteiger charge is 2.34. The highest BCUT2D eigenvalue weighted by atomic mass is 16.3. The Kier molecular flexibility index (Phi) is 4.99. The second kappa shape index (κ2) is 7.17. The van der Waals surface area contributed by atoms with Crippen molar-refractivity contribution < 1.29 is 9.90 Å². The number of carbonyl (C=O) groups is 1. The molecule has 2 aromatic rings. The number of aliphatic hydroxyl groups excluding tert-OH is 1. The Balaban J connectivity index is 1.56. The van der Waals surface area contributed by atoms with Crippen LogP contribution in [0.4, 0.5) is 0 Å². The van der Waals surface area contributed by atoms with Gasteiger partial charge in [-0.1, -0.05) is 0 Å². The van der Waals surface area contributed by atoms with E-state index in [9.17, 15) is 9.90 Å². The van der Waals surface area contributed by atoms with E-state index in [0.717, 1.165) is 30.8 Å². The van der Waals surface area contributed by atoms with Crippen LogP contribution in [0.1, 0.15) is 43.2 Å². The van der Waals surface area contributed by atoms with E-state index >= 15 is 0 Å². The van der Waals surface area contributed by atoms with Gasteiger partial charge >= 0.3 is 0 Å². The largest absolute Gasteiger partial charge is 0.389 e. The maximum atomic E-state index is 12.2. The lowest BCUT2D eigenvalue weighted by atomic mass is 9.87. The topological polar surface area (TPSA) is 85.0 Å². The number of nitrogens with one attached hydrogen (secondary N) is 1. The van der Waals surface area contributed by atoms with E-state index in [-0.39, 0.29) is 18.0 Å². The van der Waals surface area contributed by atoms with Crippen LogP contribution in [0.2, 0.25) is 0 Å². The summed E-state index contributed by atoms with van der Waals surface area (Å²) in [4.78, 5) is 16.4. The Morgan fingerprint density at radius 1 is 1.38 bits per heavy atom. The summed E-state index contributed by atoms with van der Waals surface area (Å²) in [6.07, 6.45) is 7.96. The summed E-state index contributed by atoms with van der Waals surface area (Å²) in [6.45, 7) is 4.40. The van der Waals surface area contributed by atoms with Gasteiger partial charge in [-0.05, 0) is 39.2 Å². The van der Waals surface area contributed by atoms with Gasteiger partial charge in [0.05, 0.1) is 23.9 Å². The maximum Gasteiger partial charge on any atom is 0.222 e. The Morgan fingerprint density at radius 3 is 2.88 bits per heavy atom. The van der Waals surface area contributed by atoms with Crippen molar-refractivity contribution in [3.05, 3.63) is 36.2 Å². The van der Waals surface area contributed by atoms with Crippen molar-refractivity contribution in [2.24, 2.45) is 0 Å². The molecule has 0 aromatic carbocycles. The van der Waals surface area contributed by atoms with Crippen LogP contribution in [-0.4, -0.2) is 42.5 Å². The molecule has 0 unspecified atom stereocenters. The number of amides is 1. The first kappa shape index (κ1) is 16.7. The van der Waals surface area contributed by atoms with Gasteiger partial charge < -0.3 is 15.0 Å². The van der Waals surface area contributed by atoms with Gasteiger partial charge in [0.2, 0.25) is 5.91 Å². The Morgan fingerprint density at radius 2 is 2.21 bits per heavy atom. The molecule has 130 valence electrons. The van der Waals surface area contributed by atoms with Crippen LogP contribution in [-0.2, 0) is 11.3 Å². The number of aliphatic hydroxyl groups is 1. The predicted molar refractivity (Wildman–Crippen MR) is 89.4 cm³/mol. The third-order valence-corrected chi connectivity index (χ3v) is 4.73. The second-order valence-corrected chi connectivity index (χ2v) is 6.51. The van der Waals surface area contributed by atoms with Crippen molar-refractivity contribution in [2.75, 3.05) is 0 Å². The zero-order valence-corrected chi connectivity index (χ0v) is 14.2. The Hall–Kier alpha value is -2.15. The minimum atomic E-state index is -0.595. The van der Waals surface area contributed by atoms with Crippen molar-refractivity contribution in [1.29, 1.82) is 0 Å². The predicted octanol–water partition coefficient (Wildman–Crippen LogP) is 1.36. The third kappa shape index (κ3) is 3.67. The average Bonchev–Trinajstić information content (AvgIpc) is 3.16. The second-order valence-electron chi connectivity index (χ2n) is 6.51. The van der Waals surface area contributed by atoms with Gasteiger partial charge in [0.1, 0.15) is 5.82 Å². The van der Waals surface area contributed by atoms with E-state index in [1.807, 2.05) is 36.9 Å². The summed E-state index contributed by atoms with van der Waals surface area (Å²) in [7, 11) is 0. The number of nitrogens with zero attached hydrogens (tertiary/aromatic N) is 4. The van der Waals surface area contributed by atoms with Gasteiger partial charge in [0.15, 0.2) is 0 Å². The molecule has 0 saturated heterocycles. The van der Waals surface area contributed by atoms with Gasteiger partial charge in [-0.2, -0.15) is 5.10 Å². The SMILES string of the molecule is Cc1ccn(CCC(=O)N[C@@H]2CCC[C@@H](n3ccnc3C)[C@@H]2O)n1. The summed E-state index contributed by atoms with van der Waals surface area (Å²) < 4.78 is 3.78. The van der Waals surface area contributed by atoms with E-state index in [0.29, 0.717) is 13.0 Å². The minimum Gasteiger partial charge on any atom is -0.389 e. The van der Waals surface area contributed by atoms with Gasteiger partial charge in [-0.25, -0.2) is 4.98 Å². The van der Waals surface area contributed by atoms with Crippen LogP contribution in [0.15, 0.2) is 24.7 Å². The van der Waals surface area contributed by atoms with Crippen LogP contribution < -0.4 is 5.32 Å². The molecule has 0 radical (unpaired) electrons. The van der Waals surface area contributed by atoms with Crippen molar-refractivity contribution in [3.63, 3.8) is 0 Å². The normalized spacial score (nSPS) is 24.0. The molecule has 3 rings (SSSR count). The number of carbonyl (C=O) groups excluding carboxylic acids is 1. The molecule has 0 aliphatic heterocycles. The fourth-order valence-electron chi connectivity index (χ4n) is 3.44. The standard InChI is InChI=1S/C17H25N5O2/c1-12-6-9-21(20-12)10-7-16(23)19-14-4-3-5-15(17(14)24)22-11-8-18-13(22)2/h6,8-9,11,14-15,17,24H,3-5,7,10H2,1-2H3,(H,19,23)/t14-,15-,17-/m1/s1. The molecule has 0 bridgehead atoms. The quantitative estimate of drug-likeness (QED) is 0.866. The van der Waals surface area contributed by atoms with Gasteiger partial charge in [0.25, 0.3) is 0 Å². The summed E-state index contributed by atoms with van der Waals surface area (Å²) in [6, 6.07) is 1.68. The number of rotatable bonds is 5. The highest BCUT2D eigenvalue weighted by molar-refractivity contribution is 5.76. The molecule has 24 heavy (non-hydrogen) atoms. The monoisotopic (exact) mass is 331 g/mol. The average molecular weight is 331 g/mol. The van der Waals surface area contributed by atoms with Crippen LogP contribution in [0, 0.1) is 13.8 Å². The molecular formula is C17H25N5O2. The molecule has 1 aliphatic carbocycles. The first-order chi connectivity index (χ1) is 11.5. The fourth-order valence-corrected chi connectivity index (χ4v) is 3.44. The van der Waals surface area contributed by atoms with Crippen molar-refractivity contribution >= 4 is 5.91 Å². The molecule has 7 heteroatoms. The molecule has 2 N–H and O–H groups in total. The van der Waals surface area contributed by atoms with Crippen molar-refractivity contribution in [2.45, 2.75) is 64.3 Å². The molecular weight excluding hydrogens is 306 g/mol. The lowest BCUT2D eigenvalue weighted by Crippen LogP contribution is -2.49. The van der Waals surface area contributed by atoms with E-state index in [4.69, 9.17) is 0 Å². The first-order valence-corrected chi connectivity index (χ1v) is 8.51. The molecule has 1 fully saturated rings. The smallest absolute Gasteiger partial charge is 0.222 e. The highest BCUT2D eigenvalue weighted by Crippen LogP contribution is 2.29. The molecule has 0 spiro atoms. The lowest BCUT2D eigenvalue weighted by molar-refractivity contribution is -0.123. The number of imidazole rings is 1. The van der Waals surface area contributed by atoms with Gasteiger partial charge in [-0.3, -0.25) is 9.48 Å². The minimum absolute atomic E-state index is 0.0275. The summed E-state index contributed by atoms with van der Waals surface area (Å²) in [5, 5.41) is 18.0. The molecule has 1 amide bonds. The maximum absolute atomic E-state index is 12.2. The zero-order valence-electron chi connectivity index (χ0n) is 14.2. The number of aromatic nitrogens is 4. The van der Waals surface area contributed by atoms with E-state index < -0.39 is 6.10 Å². The van der Waals surface area contributed by atoms with Gasteiger partial charge in [-0.15, -0.1) is 0 Å². The number of hydrogen-bond donors (Lipinski definition) is 2. The molecule has 1 aliphatic rings. The Bertz CT molecular complexity index is 693. The fraction of sp³-hybridized carbons (Fsp3) is 0.588. The van der Waals surface area contributed by atoms with E-state index in [1.165, 1.54) is 0 Å². The van der Waals surface area contributed by atoms with Crippen molar-refractivity contribution in [3.8, 4) is 0 Å². The molecule has 2 aromatic heterocycles. The molecule has 3 atom stereocenters. The third-order valence-electron chi connectivity index (χ3n) is 4.73. The molecule has 7 nitrogen and oxygen atoms in total. The number of aryl methyl sites for hydroxylation is 3. The molecule has 1 saturated carbocycles. The summed E-state index contributed by atoms with van der Waals surface area (Å²) in [5.74, 6) is 0.843.